The van der Waals surface area contributed by atoms with Crippen LogP contribution in [0.1, 0.15) is 12.5 Å². The standard InChI is InChI=1S/C15H23N3O2.2ClH/c1-11-4-5-14(20-3)13(10-11)17-15(19)12(2)18-8-6-16-7-9-18;;/h4-5,10,12,16H,6-9H2,1-3H3,(H,17,19);2*1H. The van der Waals surface area contributed by atoms with Crippen LogP contribution in [0.15, 0.2) is 18.2 Å². The van der Waals surface area contributed by atoms with Crippen LogP contribution < -0.4 is 15.4 Å². The highest BCUT2D eigenvalue weighted by molar-refractivity contribution is 5.96. The van der Waals surface area contributed by atoms with Crippen LogP contribution in [0.4, 0.5) is 5.69 Å². The zero-order valence-electron chi connectivity index (χ0n) is 13.2. The van der Waals surface area contributed by atoms with E-state index in [1.54, 1.807) is 7.11 Å². The molecular weight excluding hydrogens is 325 g/mol. The van der Waals surface area contributed by atoms with Gasteiger partial charge in [-0.1, -0.05) is 6.07 Å². The predicted octanol–water partition coefficient (Wildman–Crippen LogP) is 2.08. The number of amides is 1. The molecule has 2 N–H and O–H groups in total. The van der Waals surface area contributed by atoms with Gasteiger partial charge in [-0.2, -0.15) is 0 Å². The molecule has 0 saturated carbocycles. The van der Waals surface area contributed by atoms with Crippen molar-refractivity contribution >= 4 is 36.4 Å². The number of hydrogen-bond acceptors (Lipinski definition) is 4. The van der Waals surface area contributed by atoms with E-state index < -0.39 is 0 Å². The lowest BCUT2D eigenvalue weighted by Crippen LogP contribution is -2.51. The molecule has 0 aliphatic carbocycles. The van der Waals surface area contributed by atoms with Gasteiger partial charge in [-0.25, -0.2) is 0 Å². The lowest BCUT2D eigenvalue weighted by Gasteiger charge is -2.31. The number of ether oxygens (including phenoxy) is 1. The topological polar surface area (TPSA) is 53.6 Å². The Kier molecular flexibility index (Phi) is 9.44. The monoisotopic (exact) mass is 349 g/mol. The molecule has 126 valence electrons. The minimum Gasteiger partial charge on any atom is -0.495 e. The van der Waals surface area contributed by atoms with Crippen molar-refractivity contribution < 1.29 is 9.53 Å². The van der Waals surface area contributed by atoms with Crippen LogP contribution in [0.3, 0.4) is 0 Å². The first-order valence-electron chi connectivity index (χ1n) is 7.02. The molecule has 1 saturated heterocycles. The van der Waals surface area contributed by atoms with Crippen LogP contribution in [-0.2, 0) is 4.79 Å². The molecule has 7 heteroatoms. The maximum Gasteiger partial charge on any atom is 0.241 e. The third-order valence-electron chi connectivity index (χ3n) is 3.69. The summed E-state index contributed by atoms with van der Waals surface area (Å²) in [6, 6.07) is 5.64. The third kappa shape index (κ3) is 5.32. The Balaban J connectivity index is 0.00000220. The highest BCUT2D eigenvalue weighted by Gasteiger charge is 2.23. The largest absolute Gasteiger partial charge is 0.495 e. The fourth-order valence-electron chi connectivity index (χ4n) is 2.39. The Morgan fingerprint density at radius 1 is 1.32 bits per heavy atom. The second-order valence-corrected chi connectivity index (χ2v) is 5.15. The van der Waals surface area contributed by atoms with Crippen molar-refractivity contribution in [2.45, 2.75) is 19.9 Å². The number of nitrogens with zero attached hydrogens (tertiary/aromatic N) is 1. The average molecular weight is 350 g/mol. The van der Waals surface area contributed by atoms with Crippen molar-refractivity contribution in [2.24, 2.45) is 0 Å². The number of hydrogen-bond donors (Lipinski definition) is 2. The fourth-order valence-corrected chi connectivity index (χ4v) is 2.39. The fraction of sp³-hybridized carbons (Fsp3) is 0.533. The van der Waals surface area contributed by atoms with E-state index in [4.69, 9.17) is 4.74 Å². The Morgan fingerprint density at radius 3 is 2.55 bits per heavy atom. The molecule has 1 aliphatic rings. The molecule has 1 aromatic rings. The van der Waals surface area contributed by atoms with E-state index in [2.05, 4.69) is 15.5 Å². The summed E-state index contributed by atoms with van der Waals surface area (Å²) in [6.45, 7) is 7.62. The number of aryl methyl sites for hydroxylation is 1. The Morgan fingerprint density at radius 2 is 1.95 bits per heavy atom. The van der Waals surface area contributed by atoms with Gasteiger partial charge in [0.2, 0.25) is 5.91 Å². The molecule has 0 aromatic heterocycles. The number of methoxy groups -OCH3 is 1. The van der Waals surface area contributed by atoms with Crippen LogP contribution in [0, 0.1) is 6.92 Å². The number of rotatable bonds is 4. The van der Waals surface area contributed by atoms with E-state index in [0.29, 0.717) is 5.75 Å². The molecule has 1 atom stereocenters. The van der Waals surface area contributed by atoms with Gasteiger partial charge in [0, 0.05) is 26.2 Å². The molecule has 2 rings (SSSR count). The Hall–Kier alpha value is -1.01. The van der Waals surface area contributed by atoms with Gasteiger partial charge >= 0.3 is 0 Å². The predicted molar refractivity (Wildman–Crippen MR) is 94.8 cm³/mol. The van der Waals surface area contributed by atoms with E-state index in [1.165, 1.54) is 0 Å². The van der Waals surface area contributed by atoms with Crippen molar-refractivity contribution in [2.75, 3.05) is 38.6 Å². The minimum absolute atomic E-state index is 0. The smallest absolute Gasteiger partial charge is 0.241 e. The highest BCUT2D eigenvalue weighted by Crippen LogP contribution is 2.25. The van der Waals surface area contributed by atoms with Gasteiger partial charge in [0.1, 0.15) is 5.75 Å². The minimum atomic E-state index is -0.137. The lowest BCUT2D eigenvalue weighted by molar-refractivity contribution is -0.121. The van der Waals surface area contributed by atoms with E-state index in [1.807, 2.05) is 32.0 Å². The summed E-state index contributed by atoms with van der Waals surface area (Å²) >= 11 is 0. The summed E-state index contributed by atoms with van der Waals surface area (Å²) in [5.41, 5.74) is 1.83. The summed E-state index contributed by atoms with van der Waals surface area (Å²) in [5, 5.41) is 6.26. The summed E-state index contributed by atoms with van der Waals surface area (Å²) in [6.07, 6.45) is 0. The van der Waals surface area contributed by atoms with Gasteiger partial charge in [-0.3, -0.25) is 9.69 Å². The third-order valence-corrected chi connectivity index (χ3v) is 3.69. The second-order valence-electron chi connectivity index (χ2n) is 5.15. The molecule has 0 spiro atoms. The molecule has 1 aromatic carbocycles. The highest BCUT2D eigenvalue weighted by atomic mass is 35.5. The van der Waals surface area contributed by atoms with Gasteiger partial charge in [-0.15, -0.1) is 24.8 Å². The summed E-state index contributed by atoms with van der Waals surface area (Å²) < 4.78 is 5.29. The van der Waals surface area contributed by atoms with Gasteiger partial charge in [0.25, 0.3) is 0 Å². The maximum atomic E-state index is 12.4. The maximum absolute atomic E-state index is 12.4. The first kappa shape index (κ1) is 21.0. The molecule has 0 bridgehead atoms. The molecule has 1 heterocycles. The van der Waals surface area contributed by atoms with Crippen LogP contribution in [0.25, 0.3) is 0 Å². The number of piperazine rings is 1. The van der Waals surface area contributed by atoms with Crippen molar-refractivity contribution in [3.63, 3.8) is 0 Å². The Labute approximate surface area is 144 Å². The first-order valence-corrected chi connectivity index (χ1v) is 7.02. The summed E-state index contributed by atoms with van der Waals surface area (Å²) in [7, 11) is 1.61. The first-order chi connectivity index (χ1) is 9.61. The van der Waals surface area contributed by atoms with Crippen LogP contribution in [-0.4, -0.2) is 50.1 Å². The van der Waals surface area contributed by atoms with Gasteiger partial charge < -0.3 is 15.4 Å². The quantitative estimate of drug-likeness (QED) is 0.873. The van der Waals surface area contributed by atoms with Crippen LogP contribution >= 0.6 is 24.8 Å². The van der Waals surface area contributed by atoms with Crippen molar-refractivity contribution in [3.8, 4) is 5.75 Å². The molecule has 1 fully saturated rings. The summed E-state index contributed by atoms with van der Waals surface area (Å²) in [4.78, 5) is 14.6. The van der Waals surface area contributed by atoms with Gasteiger partial charge in [0.15, 0.2) is 0 Å². The molecule has 1 aliphatic heterocycles. The SMILES string of the molecule is COc1ccc(C)cc1NC(=O)C(C)N1CCNCC1.Cl.Cl. The summed E-state index contributed by atoms with van der Waals surface area (Å²) in [5.74, 6) is 0.701. The van der Waals surface area contributed by atoms with E-state index >= 15 is 0 Å². The van der Waals surface area contributed by atoms with E-state index in [0.717, 1.165) is 37.4 Å². The molecule has 1 unspecified atom stereocenters. The number of carbonyl (C=O) groups excluding carboxylic acids is 1. The van der Waals surface area contributed by atoms with Gasteiger partial charge in [-0.05, 0) is 31.5 Å². The number of anilines is 1. The average Bonchev–Trinajstić information content (AvgIpc) is 2.47. The number of carbonyl (C=O) groups is 1. The van der Waals surface area contributed by atoms with E-state index in [-0.39, 0.29) is 36.8 Å². The number of halogens is 2. The van der Waals surface area contributed by atoms with Crippen molar-refractivity contribution in [3.05, 3.63) is 23.8 Å². The van der Waals surface area contributed by atoms with Crippen molar-refractivity contribution in [1.29, 1.82) is 0 Å². The lowest BCUT2D eigenvalue weighted by atomic mass is 10.2. The number of nitrogens with one attached hydrogen (secondary N) is 2. The zero-order chi connectivity index (χ0) is 14.5. The molecular formula is C15H25Cl2N3O2. The second kappa shape index (κ2) is 9.90. The van der Waals surface area contributed by atoms with Gasteiger partial charge in [0.05, 0.1) is 18.8 Å². The van der Waals surface area contributed by atoms with Crippen LogP contribution in [0.5, 0.6) is 5.75 Å². The molecule has 22 heavy (non-hydrogen) atoms. The Bertz CT molecular complexity index is 480. The van der Waals surface area contributed by atoms with Crippen molar-refractivity contribution in [1.82, 2.24) is 10.2 Å². The molecule has 0 radical (unpaired) electrons. The van der Waals surface area contributed by atoms with Crippen LogP contribution in [0.2, 0.25) is 0 Å². The number of benzene rings is 1. The normalized spacial score (nSPS) is 16.0. The molecule has 1 amide bonds. The zero-order valence-corrected chi connectivity index (χ0v) is 14.9. The van der Waals surface area contributed by atoms with E-state index in [9.17, 15) is 4.79 Å². The molecule has 5 nitrogen and oxygen atoms in total.